The SMILES string of the molecule is COCCCCCCCOc1ccc(-c2nnc(-c3ccc(C(=O)N[C@H]4C[C@H](O)CNC(=O)[C@@H]5[C@@H](O)[C@H](C)CN5C(=O)[C@H]([C@H](O)CCNC5CCN(C(=O)CCC(N)C(=O)O)CC5)NC(=O)[C@H]([C@H](O)Cc5ccc(O)c(OSOOO)c5)NC(=O)[C@@H]5C[C@H](O)CN5C(=O)[C@H]([C@H](C)O)NC4=O)cc3)s2)cc1. The third kappa shape index (κ3) is 23.1. The number of phenolic OH excluding ortho intramolecular Hbond substituents is 1. The maximum Gasteiger partial charge on any atom is 0.320 e. The number of amides is 8. The van der Waals surface area contributed by atoms with E-state index in [1.807, 2.05) is 24.3 Å². The molecule has 4 aliphatic rings. The van der Waals surface area contributed by atoms with Gasteiger partial charge in [-0.3, -0.25) is 43.2 Å². The fraction of sp³-hybridized carbons (Fsp3) is 0.574. The first-order chi connectivity index (χ1) is 50.2. The van der Waals surface area contributed by atoms with Gasteiger partial charge < -0.3 is 107 Å². The summed E-state index contributed by atoms with van der Waals surface area (Å²) in [6.07, 6.45) is -6.76. The van der Waals surface area contributed by atoms with Gasteiger partial charge in [0.15, 0.2) is 11.5 Å². The van der Waals surface area contributed by atoms with Crippen molar-refractivity contribution in [3.8, 4) is 38.4 Å². The fourth-order valence-corrected chi connectivity index (χ4v) is 13.9. The Morgan fingerprint density at radius 1 is 0.752 bits per heavy atom. The lowest BCUT2D eigenvalue weighted by atomic mass is 9.98. The van der Waals surface area contributed by atoms with Crippen molar-refractivity contribution >= 4 is 76.9 Å². The zero-order valence-electron chi connectivity index (χ0n) is 58.2. The number of carboxylic acid groups (broad SMARTS) is 1. The number of phenols is 1. The number of hydrogen-bond acceptors (Lipinski definition) is 28. The molecule has 35 nitrogen and oxygen atoms in total. The molecule has 4 aliphatic heterocycles. The van der Waals surface area contributed by atoms with Crippen LogP contribution in [0, 0.1) is 5.92 Å². The van der Waals surface area contributed by atoms with E-state index in [1.54, 1.807) is 24.1 Å². The second kappa shape index (κ2) is 39.9. The number of β-amino-alcohol motifs (C(OH)–C–C–N with tert-alkyl or cyclic N) is 1. The van der Waals surface area contributed by atoms with Gasteiger partial charge in [-0.05, 0) is 106 Å². The van der Waals surface area contributed by atoms with Crippen LogP contribution in [0.3, 0.4) is 0 Å². The topological polar surface area (TPSA) is 516 Å². The first kappa shape index (κ1) is 82.4. The number of carbonyl (C=O) groups is 9. The number of aromatic nitrogens is 2. The van der Waals surface area contributed by atoms with Crippen molar-refractivity contribution in [2.24, 2.45) is 11.7 Å². The van der Waals surface area contributed by atoms with Crippen LogP contribution in [0.2, 0.25) is 0 Å². The molecule has 8 amide bonds. The smallest absolute Gasteiger partial charge is 0.320 e. The Morgan fingerprint density at radius 2 is 1.39 bits per heavy atom. The molecule has 4 saturated heterocycles. The number of hydrogen-bond donors (Lipinski definition) is 16. The van der Waals surface area contributed by atoms with Crippen LogP contribution in [0.1, 0.15) is 107 Å². The molecule has 5 heterocycles. The summed E-state index contributed by atoms with van der Waals surface area (Å²) >= 11 is 1.35. The number of aliphatic carboxylic acids is 1. The third-order valence-corrected chi connectivity index (χ3v) is 20.2. The molecule has 14 atom stereocenters. The lowest BCUT2D eigenvalue weighted by molar-refractivity contribution is -0.433. The van der Waals surface area contributed by atoms with Gasteiger partial charge in [-0.25, -0.2) is 5.26 Å². The zero-order valence-corrected chi connectivity index (χ0v) is 59.9. The number of nitrogens with two attached hydrogens (primary N) is 1. The predicted octanol–water partition coefficient (Wildman–Crippen LogP) is -0.972. The summed E-state index contributed by atoms with van der Waals surface area (Å²) in [6, 6.07) is 4.16. The molecule has 105 heavy (non-hydrogen) atoms. The maximum atomic E-state index is 15.3. The van der Waals surface area contributed by atoms with Gasteiger partial charge >= 0.3 is 5.97 Å². The van der Waals surface area contributed by atoms with E-state index in [9.17, 15) is 74.4 Å². The first-order valence-electron chi connectivity index (χ1n) is 34.7. The quantitative estimate of drug-likeness (QED) is 0.0129. The summed E-state index contributed by atoms with van der Waals surface area (Å²) in [5, 5.41) is 127. The number of ether oxygens (including phenoxy) is 2. The number of rotatable bonds is 30. The minimum absolute atomic E-state index is 0.00228. The average molecular weight is 1510 g/mol. The number of aromatic hydroxyl groups is 1. The monoisotopic (exact) mass is 1510 g/mol. The highest BCUT2D eigenvalue weighted by Crippen LogP contribution is 2.34. The van der Waals surface area contributed by atoms with E-state index in [4.69, 9.17) is 24.6 Å². The van der Waals surface area contributed by atoms with E-state index in [-0.39, 0.29) is 86.6 Å². The molecule has 0 radical (unpaired) electrons. The number of nitrogens with zero attached hydrogens (tertiary/aromatic N) is 5. The number of fused-ring (bicyclic) bond motifs is 2. The highest BCUT2D eigenvalue weighted by molar-refractivity contribution is 7.90. The van der Waals surface area contributed by atoms with Crippen LogP contribution in [0.4, 0.5) is 0 Å². The summed E-state index contributed by atoms with van der Waals surface area (Å²) in [5.41, 5.74) is 7.07. The normalized spacial score (nSPS) is 24.4. The lowest BCUT2D eigenvalue weighted by Crippen LogP contribution is -2.64. The molecular weight excluding hydrogens is 1420 g/mol. The summed E-state index contributed by atoms with van der Waals surface area (Å²) in [4.78, 5) is 131. The Labute approximate surface area is 613 Å². The van der Waals surface area contributed by atoms with Crippen LogP contribution in [-0.2, 0) is 58.9 Å². The van der Waals surface area contributed by atoms with Crippen LogP contribution in [-0.4, -0.2) is 269 Å². The number of unbranched alkanes of at least 4 members (excludes halogenated alkanes) is 4. The third-order valence-electron chi connectivity index (χ3n) is 18.8. The molecule has 17 N–H and O–H groups in total. The van der Waals surface area contributed by atoms with E-state index in [0.29, 0.717) is 40.8 Å². The van der Waals surface area contributed by atoms with Crippen molar-refractivity contribution in [3.05, 3.63) is 77.9 Å². The first-order valence-corrected chi connectivity index (χ1v) is 36.2. The molecule has 0 aliphatic carbocycles. The van der Waals surface area contributed by atoms with Gasteiger partial charge in [-0.2, -0.15) is 0 Å². The molecule has 3 aromatic carbocycles. The Hall–Kier alpha value is -8.28. The van der Waals surface area contributed by atoms with E-state index >= 15 is 9.59 Å². The molecule has 1 unspecified atom stereocenters. The maximum absolute atomic E-state index is 15.3. The average Bonchev–Trinajstić information content (AvgIpc) is 1.71. The molecular formula is C68H94N12O23S2. The highest BCUT2D eigenvalue weighted by atomic mass is 32.2. The zero-order chi connectivity index (χ0) is 76.0. The van der Waals surface area contributed by atoms with Crippen molar-refractivity contribution in [2.75, 3.05) is 59.6 Å². The van der Waals surface area contributed by atoms with Gasteiger partial charge in [0.1, 0.15) is 58.1 Å². The standard InChI is InChI=1S/C68H94N12O23S2/c1-36-34-80-57(58(36)88)63(93)71-33-43(82)31-47(72-59(89)39-10-12-40(13-11-39)64-76-77-65(104-64)41-14-16-45(17-15-41)100-28-8-6-4-5-7-27-99-3)60(90)73-54(37(2)81)66(94)79-35-44(83)32-48(79)61(91)74-55(51(86)29-38-9-19-49(84)52(30-38)101-105-103-102-98)62(92)75-56(67(80)95)50(85)21-24-70-42-22-25-78(26-23-42)53(87)20-18-46(69)68(96)97/h9-17,19,30,36-37,42-44,46-48,50-51,54-58,70,81-86,88,98H,4-8,18,20-29,31-35,69H2,1-3H3,(H,71,93)(H,72,89)(H,73,90)(H,74,91)(H,75,92)(H,96,97)/t36-,37+,43+,44+,46?,47+,48+,50-,51-,54+,55+,56+,57+,58+/m1/s1. The predicted molar refractivity (Wildman–Crippen MR) is 374 cm³/mol. The van der Waals surface area contributed by atoms with E-state index in [0.717, 1.165) is 67.1 Å². The fourth-order valence-electron chi connectivity index (χ4n) is 12.8. The summed E-state index contributed by atoms with van der Waals surface area (Å²) in [6.45, 7) is 2.82. The molecule has 576 valence electrons. The Balaban J connectivity index is 1.05. The Kier molecular flexibility index (Phi) is 31.3. The van der Waals surface area contributed by atoms with Crippen molar-refractivity contribution in [1.82, 2.24) is 56.8 Å². The van der Waals surface area contributed by atoms with Gasteiger partial charge in [0.25, 0.3) is 18.2 Å². The van der Waals surface area contributed by atoms with Gasteiger partial charge in [-0.1, -0.05) is 65.1 Å². The Morgan fingerprint density at radius 3 is 2.05 bits per heavy atom. The number of methoxy groups -OCH3 is 1. The molecule has 4 aromatic rings. The van der Waals surface area contributed by atoms with E-state index in [2.05, 4.69) is 51.5 Å². The number of piperidine rings is 1. The molecule has 8 rings (SSSR count). The molecule has 0 spiro atoms. The van der Waals surface area contributed by atoms with Crippen LogP contribution in [0.5, 0.6) is 17.2 Å². The van der Waals surface area contributed by atoms with Gasteiger partial charge in [0.05, 0.1) is 43.2 Å². The van der Waals surface area contributed by atoms with E-state index < -0.39 is 170 Å². The Bertz CT molecular complexity index is 3580. The van der Waals surface area contributed by atoms with Crippen molar-refractivity contribution in [3.63, 3.8) is 0 Å². The highest BCUT2D eigenvalue weighted by Gasteiger charge is 2.50. The summed E-state index contributed by atoms with van der Waals surface area (Å²) < 4.78 is 20.5. The number of benzene rings is 3. The molecule has 0 saturated carbocycles. The largest absolute Gasteiger partial charge is 0.504 e. The molecule has 1 aromatic heterocycles. The molecule has 0 bridgehead atoms. The summed E-state index contributed by atoms with van der Waals surface area (Å²) in [7, 11) is 1.69. The minimum atomic E-state index is -2.17. The van der Waals surface area contributed by atoms with Gasteiger partial charge in [-0.15, -0.1) is 10.2 Å². The second-order valence-electron chi connectivity index (χ2n) is 26.6. The number of carbonyl (C=O) groups excluding carboxylic acids is 8. The number of likely N-dealkylation sites (tertiary alicyclic amines) is 1. The number of carboxylic acids is 1. The van der Waals surface area contributed by atoms with Crippen molar-refractivity contribution < 1.29 is 112 Å². The molecule has 37 heteroatoms. The molecule has 4 fully saturated rings. The van der Waals surface area contributed by atoms with Crippen LogP contribution < -0.4 is 46.6 Å². The second-order valence-corrected chi connectivity index (χ2v) is 28.0. The van der Waals surface area contributed by atoms with Crippen LogP contribution in [0.25, 0.3) is 21.1 Å². The van der Waals surface area contributed by atoms with Crippen molar-refractivity contribution in [2.45, 2.75) is 182 Å². The number of nitrogens with one attached hydrogen (secondary N) is 6. The van der Waals surface area contributed by atoms with Crippen LogP contribution in [0.15, 0.2) is 66.7 Å². The number of aliphatic hydroxyl groups excluding tert-OH is 6. The van der Waals surface area contributed by atoms with Gasteiger partial charge in [0, 0.05) is 101 Å². The number of aliphatic hydroxyl groups is 6. The van der Waals surface area contributed by atoms with Gasteiger partial charge in [0.2, 0.25) is 41.4 Å². The van der Waals surface area contributed by atoms with E-state index in [1.165, 1.54) is 42.5 Å². The van der Waals surface area contributed by atoms with Crippen molar-refractivity contribution in [1.29, 1.82) is 0 Å². The minimum Gasteiger partial charge on any atom is -0.504 e. The lowest BCUT2D eigenvalue weighted by Gasteiger charge is -2.34. The summed E-state index contributed by atoms with van der Waals surface area (Å²) in [5.74, 6) is -10.4. The van der Waals surface area contributed by atoms with Crippen LogP contribution >= 0.6 is 23.7 Å².